The van der Waals surface area contributed by atoms with Gasteiger partial charge in [-0.2, -0.15) is 0 Å². The van der Waals surface area contributed by atoms with Crippen molar-refractivity contribution in [1.82, 2.24) is 0 Å². The number of hydrogen-bond acceptors (Lipinski definition) is 5. The highest BCUT2D eigenvalue weighted by Crippen LogP contribution is 2.19. The zero-order valence-electron chi connectivity index (χ0n) is 19.1. The van der Waals surface area contributed by atoms with Gasteiger partial charge >= 0.3 is 0 Å². The maximum absolute atomic E-state index is 11.9. The number of carbonyl (C=O) groups excluding carboxylic acids is 2. The molecule has 0 spiro atoms. The number of rotatable bonds is 19. The minimum Gasteiger partial charge on any atom is -0.494 e. The zero-order chi connectivity index (χ0) is 22.0. The summed E-state index contributed by atoms with van der Waals surface area (Å²) < 4.78 is 16.9. The lowest BCUT2D eigenvalue weighted by Gasteiger charge is -2.13. The van der Waals surface area contributed by atoms with Crippen LogP contribution in [0.4, 0.5) is 0 Å². The van der Waals surface area contributed by atoms with Crippen molar-refractivity contribution in [2.75, 3.05) is 26.4 Å². The van der Waals surface area contributed by atoms with Crippen LogP contribution in [0.1, 0.15) is 78.6 Å². The average Bonchev–Trinajstić information content (AvgIpc) is 2.78. The molecular formula is C25H40O5. The average molecular weight is 421 g/mol. The molecule has 0 saturated carbocycles. The fraction of sp³-hybridized carbons (Fsp3) is 0.680. The molecule has 0 saturated heterocycles. The molecule has 5 heteroatoms. The predicted octanol–water partition coefficient (Wildman–Crippen LogP) is 5.79. The van der Waals surface area contributed by atoms with Crippen molar-refractivity contribution in [2.24, 2.45) is 5.92 Å². The summed E-state index contributed by atoms with van der Waals surface area (Å²) in [5, 5.41) is 0. The normalized spacial score (nSPS) is 10.9. The Morgan fingerprint density at radius 2 is 1.23 bits per heavy atom. The SMILES string of the molecule is CCCOCCCOc1ccc(OCCCCCCC(C(=O)CC)C(=O)CC)cc1. The largest absolute Gasteiger partial charge is 0.494 e. The van der Waals surface area contributed by atoms with Crippen LogP contribution >= 0.6 is 0 Å². The van der Waals surface area contributed by atoms with Crippen LogP contribution in [0.2, 0.25) is 0 Å². The Balaban J connectivity index is 2.12. The van der Waals surface area contributed by atoms with Gasteiger partial charge in [0.25, 0.3) is 0 Å². The molecule has 0 heterocycles. The number of unbranched alkanes of at least 4 members (excludes halogenated alkanes) is 3. The van der Waals surface area contributed by atoms with Crippen LogP contribution in [0, 0.1) is 5.92 Å². The number of ketones is 2. The van der Waals surface area contributed by atoms with Crippen molar-refractivity contribution in [3.8, 4) is 11.5 Å². The molecule has 1 rings (SSSR count). The fourth-order valence-electron chi connectivity index (χ4n) is 3.22. The van der Waals surface area contributed by atoms with E-state index in [-0.39, 0.29) is 17.5 Å². The van der Waals surface area contributed by atoms with Crippen LogP contribution in [0.5, 0.6) is 11.5 Å². The third-order valence-electron chi connectivity index (χ3n) is 5.00. The van der Waals surface area contributed by atoms with E-state index >= 15 is 0 Å². The van der Waals surface area contributed by atoms with E-state index in [1.54, 1.807) is 0 Å². The van der Waals surface area contributed by atoms with E-state index in [1.165, 1.54) is 0 Å². The van der Waals surface area contributed by atoms with Gasteiger partial charge < -0.3 is 14.2 Å². The van der Waals surface area contributed by atoms with E-state index in [2.05, 4.69) is 6.92 Å². The van der Waals surface area contributed by atoms with Crippen LogP contribution in [-0.4, -0.2) is 38.0 Å². The van der Waals surface area contributed by atoms with Gasteiger partial charge in [-0.25, -0.2) is 0 Å². The summed E-state index contributed by atoms with van der Waals surface area (Å²) in [6, 6.07) is 7.72. The summed E-state index contributed by atoms with van der Waals surface area (Å²) in [5.41, 5.74) is 0. The second-order valence-electron chi connectivity index (χ2n) is 7.53. The molecule has 1 aromatic carbocycles. The molecule has 0 bridgehead atoms. The molecule has 0 aliphatic heterocycles. The molecule has 0 atom stereocenters. The zero-order valence-corrected chi connectivity index (χ0v) is 19.1. The van der Waals surface area contributed by atoms with Crippen LogP contribution < -0.4 is 9.47 Å². The number of ether oxygens (including phenoxy) is 3. The summed E-state index contributed by atoms with van der Waals surface area (Å²) in [6.45, 7) is 8.63. The number of hydrogen-bond donors (Lipinski definition) is 0. The first-order valence-corrected chi connectivity index (χ1v) is 11.6. The molecular weight excluding hydrogens is 380 g/mol. The molecule has 0 aliphatic carbocycles. The third kappa shape index (κ3) is 11.3. The summed E-state index contributed by atoms with van der Waals surface area (Å²) in [4.78, 5) is 23.8. The van der Waals surface area contributed by atoms with Gasteiger partial charge in [0.2, 0.25) is 0 Å². The van der Waals surface area contributed by atoms with Gasteiger partial charge in [-0.05, 0) is 43.5 Å². The van der Waals surface area contributed by atoms with E-state index in [0.717, 1.165) is 63.2 Å². The Morgan fingerprint density at radius 3 is 1.77 bits per heavy atom. The van der Waals surface area contributed by atoms with Crippen LogP contribution in [-0.2, 0) is 14.3 Å². The second-order valence-corrected chi connectivity index (χ2v) is 7.53. The van der Waals surface area contributed by atoms with E-state index in [4.69, 9.17) is 14.2 Å². The minimum atomic E-state index is -0.388. The van der Waals surface area contributed by atoms with E-state index in [0.29, 0.717) is 32.5 Å². The van der Waals surface area contributed by atoms with Gasteiger partial charge in [-0.15, -0.1) is 0 Å². The first kappa shape index (κ1) is 26.2. The van der Waals surface area contributed by atoms with Crippen molar-refractivity contribution in [1.29, 1.82) is 0 Å². The molecule has 0 aliphatic rings. The lowest BCUT2D eigenvalue weighted by Crippen LogP contribution is -2.22. The number of benzene rings is 1. The first-order valence-electron chi connectivity index (χ1n) is 11.6. The summed E-state index contributed by atoms with van der Waals surface area (Å²) >= 11 is 0. The highest BCUT2D eigenvalue weighted by molar-refractivity contribution is 6.02. The van der Waals surface area contributed by atoms with E-state index < -0.39 is 0 Å². The Kier molecular flexibility index (Phi) is 14.7. The molecule has 0 N–H and O–H groups in total. The molecule has 0 aromatic heterocycles. The first-order chi connectivity index (χ1) is 14.6. The van der Waals surface area contributed by atoms with Crippen molar-refractivity contribution in [3.05, 3.63) is 24.3 Å². The molecule has 0 fully saturated rings. The maximum atomic E-state index is 11.9. The Labute approximate surface area is 182 Å². The van der Waals surface area contributed by atoms with Crippen molar-refractivity contribution in [2.45, 2.75) is 78.6 Å². The summed E-state index contributed by atoms with van der Waals surface area (Å²) in [7, 11) is 0. The van der Waals surface area contributed by atoms with Crippen LogP contribution in [0.3, 0.4) is 0 Å². The van der Waals surface area contributed by atoms with Gasteiger partial charge in [0.05, 0.1) is 19.1 Å². The molecule has 170 valence electrons. The second kappa shape index (κ2) is 16.9. The molecule has 0 unspecified atom stereocenters. The highest BCUT2D eigenvalue weighted by Gasteiger charge is 2.22. The summed E-state index contributed by atoms with van der Waals surface area (Å²) in [6.07, 6.45) is 7.44. The Hall–Kier alpha value is -1.88. The monoisotopic (exact) mass is 420 g/mol. The minimum absolute atomic E-state index is 0.0856. The number of Topliss-reactive ketones (excluding diaryl/α,β-unsaturated/α-hetero) is 2. The predicted molar refractivity (Wildman–Crippen MR) is 120 cm³/mol. The van der Waals surface area contributed by atoms with Gasteiger partial charge in [-0.1, -0.05) is 40.0 Å². The van der Waals surface area contributed by atoms with Crippen molar-refractivity contribution < 1.29 is 23.8 Å². The van der Waals surface area contributed by atoms with Crippen molar-refractivity contribution in [3.63, 3.8) is 0 Å². The Bertz CT molecular complexity index is 566. The van der Waals surface area contributed by atoms with Crippen LogP contribution in [0.15, 0.2) is 24.3 Å². The van der Waals surface area contributed by atoms with Gasteiger partial charge in [0, 0.05) is 32.5 Å². The Morgan fingerprint density at radius 1 is 0.700 bits per heavy atom. The molecule has 1 aromatic rings. The third-order valence-corrected chi connectivity index (χ3v) is 5.00. The quantitative estimate of drug-likeness (QED) is 0.209. The smallest absolute Gasteiger partial charge is 0.143 e. The molecule has 0 amide bonds. The highest BCUT2D eigenvalue weighted by atomic mass is 16.5. The lowest BCUT2D eigenvalue weighted by atomic mass is 9.90. The molecule has 5 nitrogen and oxygen atoms in total. The van der Waals surface area contributed by atoms with Crippen molar-refractivity contribution >= 4 is 11.6 Å². The van der Waals surface area contributed by atoms with Crippen LogP contribution in [0.25, 0.3) is 0 Å². The summed E-state index contributed by atoms with van der Waals surface area (Å²) in [5.74, 6) is 1.47. The van der Waals surface area contributed by atoms with Gasteiger partial charge in [0.15, 0.2) is 0 Å². The fourth-order valence-corrected chi connectivity index (χ4v) is 3.22. The molecule has 30 heavy (non-hydrogen) atoms. The van der Waals surface area contributed by atoms with E-state index in [1.807, 2.05) is 38.1 Å². The van der Waals surface area contributed by atoms with Gasteiger partial charge in [0.1, 0.15) is 23.1 Å². The maximum Gasteiger partial charge on any atom is 0.143 e. The van der Waals surface area contributed by atoms with E-state index in [9.17, 15) is 9.59 Å². The number of carbonyl (C=O) groups is 2. The van der Waals surface area contributed by atoms with Gasteiger partial charge in [-0.3, -0.25) is 9.59 Å². The standard InChI is InChI=1S/C25H40O5/c1-4-17-28-18-11-20-30-22-15-13-21(14-16-22)29-19-10-8-7-9-12-23(24(26)5-2)25(27)6-3/h13-16,23H,4-12,17-20H2,1-3H3. The topological polar surface area (TPSA) is 61.8 Å². The lowest BCUT2D eigenvalue weighted by molar-refractivity contribution is -0.132. The molecule has 0 radical (unpaired) electrons.